The van der Waals surface area contributed by atoms with Gasteiger partial charge in [0.25, 0.3) is 0 Å². The van der Waals surface area contributed by atoms with E-state index in [4.69, 9.17) is 16.7 Å². The molecule has 134 valence electrons. The molecule has 0 fully saturated rings. The van der Waals surface area contributed by atoms with Crippen molar-refractivity contribution in [3.8, 4) is 0 Å². The Morgan fingerprint density at radius 1 is 1.29 bits per heavy atom. The van der Waals surface area contributed by atoms with Crippen LogP contribution < -0.4 is 5.32 Å². The number of nitrogens with zero attached hydrogens (tertiary/aromatic N) is 1. The number of aliphatic carboxylic acids is 1. The van der Waals surface area contributed by atoms with Crippen molar-refractivity contribution in [3.05, 3.63) is 29.3 Å². The molecule has 7 nitrogen and oxygen atoms in total. The zero-order valence-corrected chi connectivity index (χ0v) is 15.3. The molecular formula is C15H21ClN2O5S. The highest BCUT2D eigenvalue weighted by atomic mass is 35.5. The van der Waals surface area contributed by atoms with Crippen LogP contribution in [0.2, 0.25) is 5.02 Å². The average molecular weight is 377 g/mol. The van der Waals surface area contributed by atoms with Crippen molar-refractivity contribution in [1.82, 2.24) is 9.62 Å². The third kappa shape index (κ3) is 5.19. The number of amides is 1. The van der Waals surface area contributed by atoms with Gasteiger partial charge in [0.2, 0.25) is 15.9 Å². The van der Waals surface area contributed by atoms with Crippen molar-refractivity contribution in [2.24, 2.45) is 5.92 Å². The molecule has 0 saturated heterocycles. The summed E-state index contributed by atoms with van der Waals surface area (Å²) in [5.74, 6) is -2.10. The number of carbonyl (C=O) groups is 2. The molecule has 1 rings (SSSR count). The molecular weight excluding hydrogens is 356 g/mol. The van der Waals surface area contributed by atoms with Crippen LogP contribution in [0.15, 0.2) is 29.2 Å². The highest BCUT2D eigenvalue weighted by Crippen LogP contribution is 2.17. The van der Waals surface area contributed by atoms with Crippen molar-refractivity contribution in [2.75, 3.05) is 13.6 Å². The maximum Gasteiger partial charge on any atom is 0.326 e. The number of nitrogens with one attached hydrogen (secondary N) is 1. The fraction of sp³-hybridized carbons (Fsp3) is 0.467. The summed E-state index contributed by atoms with van der Waals surface area (Å²) in [4.78, 5) is 23.2. The molecule has 0 radical (unpaired) electrons. The molecule has 24 heavy (non-hydrogen) atoms. The average Bonchev–Trinajstić information content (AvgIpc) is 2.51. The number of sulfonamides is 1. The van der Waals surface area contributed by atoms with Gasteiger partial charge in [0.1, 0.15) is 6.04 Å². The number of carboxylic acids is 1. The number of hydrogen-bond acceptors (Lipinski definition) is 4. The summed E-state index contributed by atoms with van der Waals surface area (Å²) in [5, 5.41) is 11.9. The molecule has 0 aliphatic heterocycles. The van der Waals surface area contributed by atoms with Gasteiger partial charge in [0.05, 0.1) is 11.4 Å². The van der Waals surface area contributed by atoms with Gasteiger partial charge < -0.3 is 10.4 Å². The smallest absolute Gasteiger partial charge is 0.326 e. The zero-order chi connectivity index (χ0) is 18.5. The largest absolute Gasteiger partial charge is 0.480 e. The van der Waals surface area contributed by atoms with Gasteiger partial charge in [-0.05, 0) is 30.2 Å². The lowest BCUT2D eigenvalue weighted by atomic mass is 9.99. The van der Waals surface area contributed by atoms with Crippen LogP contribution in [0.1, 0.15) is 20.3 Å². The summed E-state index contributed by atoms with van der Waals surface area (Å²) in [6, 6.07) is 4.49. The van der Waals surface area contributed by atoms with E-state index in [0.29, 0.717) is 11.4 Å². The fourth-order valence-corrected chi connectivity index (χ4v) is 3.23. The molecule has 1 aromatic rings. The van der Waals surface area contributed by atoms with Crippen LogP contribution in [0.3, 0.4) is 0 Å². The number of rotatable bonds is 8. The van der Waals surface area contributed by atoms with Crippen LogP contribution in [-0.2, 0) is 19.6 Å². The molecule has 0 saturated carbocycles. The lowest BCUT2D eigenvalue weighted by Gasteiger charge is -2.22. The summed E-state index contributed by atoms with van der Waals surface area (Å²) in [7, 11) is -2.61. The van der Waals surface area contributed by atoms with Crippen LogP contribution >= 0.6 is 11.6 Å². The van der Waals surface area contributed by atoms with Crippen LogP contribution in [-0.4, -0.2) is 49.3 Å². The number of benzene rings is 1. The van der Waals surface area contributed by atoms with Crippen molar-refractivity contribution in [2.45, 2.75) is 31.2 Å². The van der Waals surface area contributed by atoms with Gasteiger partial charge >= 0.3 is 5.97 Å². The van der Waals surface area contributed by atoms with E-state index < -0.39 is 34.5 Å². The van der Waals surface area contributed by atoms with Gasteiger partial charge in [-0.1, -0.05) is 31.9 Å². The first-order valence-electron chi connectivity index (χ1n) is 7.33. The first-order valence-corrected chi connectivity index (χ1v) is 9.15. The van der Waals surface area contributed by atoms with Crippen molar-refractivity contribution >= 4 is 33.5 Å². The Balaban J connectivity index is 2.82. The highest BCUT2D eigenvalue weighted by Gasteiger charge is 2.28. The number of carbonyl (C=O) groups excluding carboxylic acids is 1. The second kappa shape index (κ2) is 8.46. The van der Waals surface area contributed by atoms with E-state index in [-0.39, 0.29) is 10.8 Å². The monoisotopic (exact) mass is 376 g/mol. The van der Waals surface area contributed by atoms with E-state index in [0.717, 1.165) is 4.31 Å². The standard InChI is InChI=1S/C15H21ClN2O5S/c1-4-10(2)14(15(20)21)17-13(19)9-18(3)24(22,23)12-7-5-11(16)6-8-12/h5-8,10,14H,4,9H2,1-3H3,(H,17,19)(H,20,21)/t10-,14-/m0/s1. The maximum atomic E-state index is 12.4. The first kappa shape index (κ1) is 20.4. The Morgan fingerprint density at radius 2 is 1.83 bits per heavy atom. The summed E-state index contributed by atoms with van der Waals surface area (Å²) in [6.07, 6.45) is 0.566. The molecule has 0 aliphatic carbocycles. The molecule has 0 heterocycles. The van der Waals surface area contributed by atoms with Gasteiger partial charge in [-0.25, -0.2) is 13.2 Å². The zero-order valence-electron chi connectivity index (χ0n) is 13.7. The highest BCUT2D eigenvalue weighted by molar-refractivity contribution is 7.89. The summed E-state index contributed by atoms with van der Waals surface area (Å²) < 4.78 is 25.6. The van der Waals surface area contributed by atoms with Crippen molar-refractivity contribution in [3.63, 3.8) is 0 Å². The van der Waals surface area contributed by atoms with Crippen molar-refractivity contribution < 1.29 is 23.1 Å². The minimum atomic E-state index is -3.87. The van der Waals surface area contributed by atoms with E-state index in [2.05, 4.69) is 5.32 Å². The van der Waals surface area contributed by atoms with Gasteiger partial charge in [-0.2, -0.15) is 4.31 Å². The molecule has 2 N–H and O–H groups in total. The normalized spacial score (nSPS) is 14.2. The lowest BCUT2D eigenvalue weighted by Crippen LogP contribution is -2.48. The predicted octanol–water partition coefficient (Wildman–Crippen LogP) is 1.58. The van der Waals surface area contributed by atoms with Crippen LogP contribution in [0, 0.1) is 5.92 Å². The minimum Gasteiger partial charge on any atom is -0.480 e. The predicted molar refractivity (Wildman–Crippen MR) is 90.3 cm³/mol. The molecule has 0 aromatic heterocycles. The Bertz CT molecular complexity index is 690. The molecule has 1 aromatic carbocycles. The number of hydrogen-bond donors (Lipinski definition) is 2. The van der Waals surface area contributed by atoms with Gasteiger partial charge in [0, 0.05) is 12.1 Å². The Hall–Kier alpha value is -1.64. The molecule has 9 heteroatoms. The SMILES string of the molecule is CC[C@H](C)[C@H](NC(=O)CN(C)S(=O)(=O)c1ccc(Cl)cc1)C(=O)O. The summed E-state index contributed by atoms with van der Waals surface area (Å²) >= 11 is 5.73. The van der Waals surface area contributed by atoms with Crippen molar-refractivity contribution in [1.29, 1.82) is 0 Å². The van der Waals surface area contributed by atoms with E-state index in [9.17, 15) is 18.0 Å². The van der Waals surface area contributed by atoms with Gasteiger partial charge in [0.15, 0.2) is 0 Å². The van der Waals surface area contributed by atoms with Crippen LogP contribution in [0.25, 0.3) is 0 Å². The third-order valence-electron chi connectivity index (χ3n) is 3.68. The van der Waals surface area contributed by atoms with E-state index in [1.54, 1.807) is 6.92 Å². The Labute approximate surface area is 146 Å². The van der Waals surface area contributed by atoms with Crippen LogP contribution in [0.4, 0.5) is 0 Å². The van der Waals surface area contributed by atoms with E-state index in [1.165, 1.54) is 31.3 Å². The molecule has 1 amide bonds. The topological polar surface area (TPSA) is 104 Å². The minimum absolute atomic E-state index is 0.00101. The fourth-order valence-electron chi connectivity index (χ4n) is 1.98. The third-order valence-corrected chi connectivity index (χ3v) is 5.75. The van der Waals surface area contributed by atoms with E-state index >= 15 is 0 Å². The second-order valence-electron chi connectivity index (χ2n) is 5.48. The van der Waals surface area contributed by atoms with Crippen LogP contribution in [0.5, 0.6) is 0 Å². The number of carboxylic acid groups (broad SMARTS) is 1. The quantitative estimate of drug-likeness (QED) is 0.716. The molecule has 0 aliphatic rings. The first-order chi connectivity index (χ1) is 11.1. The Morgan fingerprint density at radius 3 is 2.29 bits per heavy atom. The summed E-state index contributed by atoms with van der Waals surface area (Å²) in [5.41, 5.74) is 0. The summed E-state index contributed by atoms with van der Waals surface area (Å²) in [6.45, 7) is 3.03. The Kier molecular flexibility index (Phi) is 7.19. The van der Waals surface area contributed by atoms with Gasteiger partial charge in [-0.15, -0.1) is 0 Å². The second-order valence-corrected chi connectivity index (χ2v) is 7.97. The molecule has 0 bridgehead atoms. The number of halogens is 1. The molecule has 0 unspecified atom stereocenters. The number of likely N-dealkylation sites (N-methyl/N-ethyl adjacent to an activating group) is 1. The van der Waals surface area contributed by atoms with E-state index in [1.807, 2.05) is 6.92 Å². The molecule has 2 atom stereocenters. The molecule has 0 spiro atoms. The maximum absolute atomic E-state index is 12.4. The van der Waals surface area contributed by atoms with Gasteiger partial charge in [-0.3, -0.25) is 4.79 Å². The lowest BCUT2D eigenvalue weighted by molar-refractivity contribution is -0.143.